The average molecular weight is 170 g/mol. The van der Waals surface area contributed by atoms with Gasteiger partial charge in [0.25, 0.3) is 0 Å². The molecule has 3 atom stereocenters. The van der Waals surface area contributed by atoms with Gasteiger partial charge in [0, 0.05) is 0 Å². The summed E-state index contributed by atoms with van der Waals surface area (Å²) < 4.78 is 5.24. The van der Waals surface area contributed by atoms with Crippen LogP contribution in [0.4, 0.5) is 4.79 Å². The zero-order valence-electron chi connectivity index (χ0n) is 6.66. The molecule has 3 amide bonds. The highest BCUT2D eigenvalue weighted by Crippen LogP contribution is 2.22. The summed E-state index contributed by atoms with van der Waals surface area (Å²) in [5, 5.41) is 4.86. The quantitative estimate of drug-likeness (QED) is 0.501. The third-order valence-corrected chi connectivity index (χ3v) is 2.35. The first kappa shape index (κ1) is 7.54. The van der Waals surface area contributed by atoms with E-state index < -0.39 is 6.03 Å². The molecule has 2 aliphatic rings. The van der Waals surface area contributed by atoms with Gasteiger partial charge in [0.2, 0.25) is 5.91 Å². The number of fused-ring (bicyclic) bond motifs is 1. The predicted molar refractivity (Wildman–Crippen MR) is 39.4 cm³/mol. The SMILES string of the molecule is CC1OCC2C(=O)NC(=O)NC12. The summed E-state index contributed by atoms with van der Waals surface area (Å²) in [6.07, 6.45) is -0.0648. The van der Waals surface area contributed by atoms with Crippen molar-refractivity contribution in [2.24, 2.45) is 5.92 Å². The monoisotopic (exact) mass is 170 g/mol. The molecule has 0 spiro atoms. The highest BCUT2D eigenvalue weighted by Gasteiger charge is 2.43. The van der Waals surface area contributed by atoms with E-state index >= 15 is 0 Å². The lowest BCUT2D eigenvalue weighted by Crippen LogP contribution is -2.59. The van der Waals surface area contributed by atoms with E-state index in [4.69, 9.17) is 4.74 Å². The van der Waals surface area contributed by atoms with Gasteiger partial charge in [-0.05, 0) is 6.92 Å². The summed E-state index contributed by atoms with van der Waals surface area (Å²) in [6, 6.07) is -0.565. The third-order valence-electron chi connectivity index (χ3n) is 2.35. The molecule has 66 valence electrons. The summed E-state index contributed by atoms with van der Waals surface area (Å²) in [5.41, 5.74) is 0. The van der Waals surface area contributed by atoms with Gasteiger partial charge in [0.05, 0.1) is 24.7 Å². The van der Waals surface area contributed by atoms with E-state index in [2.05, 4.69) is 10.6 Å². The second kappa shape index (κ2) is 2.45. The molecule has 0 bridgehead atoms. The van der Waals surface area contributed by atoms with Crippen molar-refractivity contribution < 1.29 is 14.3 Å². The Kier molecular flexibility index (Phi) is 1.54. The molecule has 0 aromatic rings. The second-order valence-corrected chi connectivity index (χ2v) is 3.13. The zero-order chi connectivity index (χ0) is 8.72. The van der Waals surface area contributed by atoms with Crippen molar-refractivity contribution in [3.8, 4) is 0 Å². The maximum absolute atomic E-state index is 11.2. The van der Waals surface area contributed by atoms with Crippen LogP contribution in [0.25, 0.3) is 0 Å². The van der Waals surface area contributed by atoms with Gasteiger partial charge < -0.3 is 10.1 Å². The molecule has 2 heterocycles. The van der Waals surface area contributed by atoms with Gasteiger partial charge in [0.15, 0.2) is 0 Å². The summed E-state index contributed by atoms with van der Waals surface area (Å²) in [7, 11) is 0. The number of hydrogen-bond acceptors (Lipinski definition) is 3. The van der Waals surface area contributed by atoms with Gasteiger partial charge in [-0.3, -0.25) is 10.1 Å². The number of hydrogen-bond donors (Lipinski definition) is 2. The fourth-order valence-corrected chi connectivity index (χ4v) is 1.64. The van der Waals surface area contributed by atoms with E-state index in [1.165, 1.54) is 0 Å². The van der Waals surface area contributed by atoms with Crippen molar-refractivity contribution in [3.63, 3.8) is 0 Å². The maximum Gasteiger partial charge on any atom is 0.321 e. The average Bonchev–Trinajstić information content (AvgIpc) is 2.33. The minimum absolute atomic E-state index is 0.0648. The molecular formula is C7H10N2O3. The molecule has 0 aromatic heterocycles. The minimum Gasteiger partial charge on any atom is -0.375 e. The lowest BCUT2D eigenvalue weighted by molar-refractivity contribution is -0.125. The van der Waals surface area contributed by atoms with E-state index in [9.17, 15) is 9.59 Å². The Morgan fingerprint density at radius 2 is 2.25 bits per heavy atom. The number of nitrogens with one attached hydrogen (secondary N) is 2. The largest absolute Gasteiger partial charge is 0.375 e. The molecule has 0 radical (unpaired) electrons. The first-order valence-electron chi connectivity index (χ1n) is 3.91. The molecule has 2 rings (SSSR count). The number of ether oxygens (including phenoxy) is 1. The van der Waals surface area contributed by atoms with Crippen LogP contribution in [0.15, 0.2) is 0 Å². The first-order chi connectivity index (χ1) is 5.68. The fourth-order valence-electron chi connectivity index (χ4n) is 1.64. The lowest BCUT2D eigenvalue weighted by atomic mass is 9.97. The van der Waals surface area contributed by atoms with Crippen molar-refractivity contribution in [1.29, 1.82) is 0 Å². The van der Waals surface area contributed by atoms with Crippen molar-refractivity contribution in [1.82, 2.24) is 10.6 Å². The molecule has 0 aliphatic carbocycles. The van der Waals surface area contributed by atoms with Crippen LogP contribution in [0, 0.1) is 5.92 Å². The predicted octanol–water partition coefficient (Wildman–Crippen LogP) is -0.771. The van der Waals surface area contributed by atoms with Crippen LogP contribution in [0.2, 0.25) is 0 Å². The number of amides is 3. The fraction of sp³-hybridized carbons (Fsp3) is 0.714. The molecule has 2 aliphatic heterocycles. The number of carbonyl (C=O) groups is 2. The Morgan fingerprint density at radius 1 is 1.50 bits per heavy atom. The molecule has 12 heavy (non-hydrogen) atoms. The van der Waals surface area contributed by atoms with Gasteiger partial charge in [-0.1, -0.05) is 0 Å². The normalized spacial score (nSPS) is 40.2. The molecule has 2 saturated heterocycles. The maximum atomic E-state index is 11.2. The Morgan fingerprint density at radius 3 is 3.00 bits per heavy atom. The van der Waals surface area contributed by atoms with E-state index in [1.54, 1.807) is 0 Å². The standard InChI is InChI=1S/C7H10N2O3/c1-3-5-4(2-12-3)6(10)9-7(11)8-5/h3-5H,2H2,1H3,(H2,8,9,10,11). The molecule has 0 saturated carbocycles. The van der Waals surface area contributed by atoms with E-state index in [0.717, 1.165) is 0 Å². The summed E-state index contributed by atoms with van der Waals surface area (Å²) >= 11 is 0. The van der Waals surface area contributed by atoms with Crippen LogP contribution in [-0.4, -0.2) is 30.7 Å². The van der Waals surface area contributed by atoms with Crippen LogP contribution in [0.3, 0.4) is 0 Å². The lowest BCUT2D eigenvalue weighted by Gasteiger charge is -2.26. The summed E-state index contributed by atoms with van der Waals surface area (Å²) in [4.78, 5) is 22.0. The molecule has 3 unspecified atom stereocenters. The van der Waals surface area contributed by atoms with Crippen LogP contribution >= 0.6 is 0 Å². The molecule has 2 N–H and O–H groups in total. The molecular weight excluding hydrogens is 160 g/mol. The van der Waals surface area contributed by atoms with Crippen molar-refractivity contribution in [2.75, 3.05) is 6.61 Å². The van der Waals surface area contributed by atoms with Crippen LogP contribution in [-0.2, 0) is 9.53 Å². The van der Waals surface area contributed by atoms with Crippen LogP contribution in [0.1, 0.15) is 6.92 Å². The Labute approximate surface area is 69.5 Å². The summed E-state index contributed by atoms with van der Waals surface area (Å²) in [6.45, 7) is 2.25. The highest BCUT2D eigenvalue weighted by atomic mass is 16.5. The highest BCUT2D eigenvalue weighted by molar-refractivity contribution is 5.98. The van der Waals surface area contributed by atoms with Gasteiger partial charge in [-0.2, -0.15) is 0 Å². The van der Waals surface area contributed by atoms with Crippen molar-refractivity contribution in [3.05, 3.63) is 0 Å². The van der Waals surface area contributed by atoms with Crippen LogP contribution < -0.4 is 10.6 Å². The molecule has 5 nitrogen and oxygen atoms in total. The number of carbonyl (C=O) groups excluding carboxylic acids is 2. The van der Waals surface area contributed by atoms with Gasteiger partial charge in [-0.25, -0.2) is 4.79 Å². The number of imide groups is 1. The van der Waals surface area contributed by atoms with E-state index in [0.29, 0.717) is 6.61 Å². The zero-order valence-corrected chi connectivity index (χ0v) is 6.66. The Balaban J connectivity index is 2.19. The van der Waals surface area contributed by atoms with Crippen LogP contribution in [0.5, 0.6) is 0 Å². The second-order valence-electron chi connectivity index (χ2n) is 3.13. The summed E-state index contributed by atoms with van der Waals surface area (Å²) in [5.74, 6) is -0.439. The van der Waals surface area contributed by atoms with Gasteiger partial charge >= 0.3 is 6.03 Å². The first-order valence-corrected chi connectivity index (χ1v) is 3.91. The van der Waals surface area contributed by atoms with E-state index in [1.807, 2.05) is 6.92 Å². The Hall–Kier alpha value is -1.10. The third kappa shape index (κ3) is 0.972. The molecule has 0 aromatic carbocycles. The molecule has 2 fully saturated rings. The van der Waals surface area contributed by atoms with E-state index in [-0.39, 0.29) is 24.0 Å². The smallest absolute Gasteiger partial charge is 0.321 e. The number of rotatable bonds is 0. The van der Waals surface area contributed by atoms with Gasteiger partial charge in [-0.15, -0.1) is 0 Å². The topological polar surface area (TPSA) is 67.4 Å². The number of urea groups is 1. The van der Waals surface area contributed by atoms with Crippen molar-refractivity contribution in [2.45, 2.75) is 19.1 Å². The minimum atomic E-state index is -0.418. The Bertz CT molecular complexity index is 241. The van der Waals surface area contributed by atoms with Crippen molar-refractivity contribution >= 4 is 11.9 Å². The van der Waals surface area contributed by atoms with Gasteiger partial charge in [0.1, 0.15) is 0 Å². The molecule has 5 heteroatoms.